The number of fused-ring (bicyclic) bond motifs is 1. The molecular formula is C30H34F3N5O3. The Kier molecular flexibility index (Phi) is 10.3. The number of hydrogen-bond acceptors (Lipinski definition) is 4. The van der Waals surface area contributed by atoms with Crippen LogP contribution in [0.2, 0.25) is 0 Å². The van der Waals surface area contributed by atoms with E-state index in [1.165, 1.54) is 6.07 Å². The van der Waals surface area contributed by atoms with Gasteiger partial charge < -0.3 is 26.7 Å². The number of nitrogens with one attached hydrogen (secondary N) is 4. The van der Waals surface area contributed by atoms with Gasteiger partial charge >= 0.3 is 6.18 Å². The van der Waals surface area contributed by atoms with Crippen molar-refractivity contribution in [1.29, 1.82) is 0 Å². The Hall–Kier alpha value is -4.54. The van der Waals surface area contributed by atoms with E-state index in [1.54, 1.807) is 32.1 Å². The van der Waals surface area contributed by atoms with E-state index in [9.17, 15) is 27.6 Å². The van der Waals surface area contributed by atoms with Gasteiger partial charge in [0.05, 0.1) is 28.1 Å². The lowest BCUT2D eigenvalue weighted by Crippen LogP contribution is -2.25. The Morgan fingerprint density at radius 1 is 1.07 bits per heavy atom. The van der Waals surface area contributed by atoms with Gasteiger partial charge in [0, 0.05) is 29.2 Å². The highest BCUT2D eigenvalue weighted by molar-refractivity contribution is 6.35. The van der Waals surface area contributed by atoms with E-state index < -0.39 is 17.6 Å². The Labute approximate surface area is 236 Å². The van der Waals surface area contributed by atoms with Crippen molar-refractivity contribution in [1.82, 2.24) is 10.3 Å². The predicted octanol–water partition coefficient (Wildman–Crippen LogP) is 6.29. The fourth-order valence-corrected chi connectivity index (χ4v) is 4.45. The summed E-state index contributed by atoms with van der Waals surface area (Å²) in [6, 6.07) is 10.3. The van der Waals surface area contributed by atoms with Gasteiger partial charge in [-0.25, -0.2) is 0 Å². The van der Waals surface area contributed by atoms with Crippen LogP contribution in [0.25, 0.3) is 11.6 Å². The first-order valence-electron chi connectivity index (χ1n) is 13.2. The van der Waals surface area contributed by atoms with Crippen LogP contribution in [0.5, 0.6) is 0 Å². The number of amides is 3. The zero-order chi connectivity index (χ0) is 30.2. The molecule has 218 valence electrons. The number of aromatic nitrogens is 1. The summed E-state index contributed by atoms with van der Waals surface area (Å²) < 4.78 is 38.9. The summed E-state index contributed by atoms with van der Waals surface area (Å²) in [5, 5.41) is 7.88. The molecule has 11 heteroatoms. The van der Waals surface area contributed by atoms with Crippen molar-refractivity contribution < 1.29 is 27.6 Å². The summed E-state index contributed by atoms with van der Waals surface area (Å²) >= 11 is 0. The molecule has 4 rings (SSSR count). The third kappa shape index (κ3) is 7.77. The number of carbonyl (C=O) groups excluding carboxylic acids is 3. The second-order valence-corrected chi connectivity index (χ2v) is 9.60. The molecule has 0 atom stereocenters. The lowest BCUT2D eigenvalue weighted by Gasteiger charge is -2.08. The quantitative estimate of drug-likeness (QED) is 0.0898. The number of carbonyl (C=O) groups is 3. The summed E-state index contributed by atoms with van der Waals surface area (Å²) in [5.41, 5.74) is 9.11. The van der Waals surface area contributed by atoms with Crippen molar-refractivity contribution in [3.63, 3.8) is 0 Å². The molecule has 0 spiro atoms. The molecule has 0 radical (unpaired) electrons. The molecule has 0 fully saturated rings. The van der Waals surface area contributed by atoms with Crippen LogP contribution in [0.3, 0.4) is 0 Å². The summed E-state index contributed by atoms with van der Waals surface area (Å²) in [6.07, 6.45) is 1.92. The molecule has 41 heavy (non-hydrogen) atoms. The van der Waals surface area contributed by atoms with Crippen LogP contribution in [0.1, 0.15) is 71.0 Å². The second-order valence-electron chi connectivity index (χ2n) is 9.60. The number of nitrogen functional groups attached to an aromatic ring is 1. The van der Waals surface area contributed by atoms with Crippen molar-refractivity contribution in [3.05, 3.63) is 76.1 Å². The first-order valence-corrected chi connectivity index (χ1v) is 13.2. The Bertz CT molecular complexity index is 1440. The summed E-state index contributed by atoms with van der Waals surface area (Å²) in [5.74, 6) is -0.665. The number of H-pyrrole nitrogens is 1. The van der Waals surface area contributed by atoms with E-state index in [1.807, 2.05) is 12.1 Å². The normalized spacial score (nSPS) is 13.2. The molecule has 0 aliphatic carbocycles. The van der Waals surface area contributed by atoms with E-state index in [2.05, 4.69) is 27.9 Å². The largest absolute Gasteiger partial charge is 0.416 e. The minimum Gasteiger partial charge on any atom is -0.397 e. The number of alkyl halides is 3. The average molecular weight is 570 g/mol. The van der Waals surface area contributed by atoms with Crippen LogP contribution in [0, 0.1) is 13.8 Å². The van der Waals surface area contributed by atoms with Gasteiger partial charge in [-0.1, -0.05) is 44.4 Å². The number of aromatic amines is 1. The van der Waals surface area contributed by atoms with Crippen LogP contribution in [-0.4, -0.2) is 29.8 Å². The van der Waals surface area contributed by atoms with E-state index in [-0.39, 0.29) is 17.2 Å². The summed E-state index contributed by atoms with van der Waals surface area (Å²) in [6.45, 7) is 6.28. The molecule has 1 aliphatic heterocycles. The molecule has 6 N–H and O–H groups in total. The molecule has 8 nitrogen and oxygen atoms in total. The summed E-state index contributed by atoms with van der Waals surface area (Å²) in [4.78, 5) is 38.1. The third-order valence-electron chi connectivity index (χ3n) is 6.61. The zero-order valence-corrected chi connectivity index (χ0v) is 23.2. The van der Waals surface area contributed by atoms with E-state index in [0.29, 0.717) is 52.4 Å². The van der Waals surface area contributed by atoms with E-state index in [0.717, 1.165) is 37.8 Å². The van der Waals surface area contributed by atoms with E-state index in [4.69, 9.17) is 5.73 Å². The number of unbranched alkanes of at least 4 members (excludes halogenated alkanes) is 3. The maximum absolute atomic E-state index is 13.0. The average Bonchev–Trinajstić information content (AvgIpc) is 3.38. The highest BCUT2D eigenvalue weighted by Gasteiger charge is 2.33. The lowest BCUT2D eigenvalue weighted by atomic mass is 10.0. The number of hydrogen-bond donors (Lipinski definition) is 5. The van der Waals surface area contributed by atoms with Gasteiger partial charge in [-0.05, 0) is 56.2 Å². The molecule has 2 aromatic carbocycles. The van der Waals surface area contributed by atoms with Crippen molar-refractivity contribution in [2.24, 2.45) is 0 Å². The van der Waals surface area contributed by atoms with E-state index >= 15 is 0 Å². The van der Waals surface area contributed by atoms with Gasteiger partial charge in [0.25, 0.3) is 11.8 Å². The van der Waals surface area contributed by atoms with Crippen molar-refractivity contribution in [2.75, 3.05) is 22.9 Å². The van der Waals surface area contributed by atoms with Crippen molar-refractivity contribution in [3.8, 4) is 0 Å². The van der Waals surface area contributed by atoms with Crippen molar-refractivity contribution >= 4 is 46.9 Å². The second kappa shape index (κ2) is 13.7. The van der Waals surface area contributed by atoms with Crippen LogP contribution in [0.4, 0.5) is 30.2 Å². The third-order valence-corrected chi connectivity index (χ3v) is 6.61. The molecule has 0 unspecified atom stereocenters. The number of nitrogens with two attached hydrogens (primary N) is 1. The molecule has 3 amide bonds. The Morgan fingerprint density at radius 3 is 2.46 bits per heavy atom. The van der Waals surface area contributed by atoms with Crippen LogP contribution in [-0.2, 0) is 15.8 Å². The smallest absolute Gasteiger partial charge is 0.397 e. The minimum absolute atomic E-state index is 0.122. The van der Waals surface area contributed by atoms with Crippen LogP contribution >= 0.6 is 0 Å². The van der Waals surface area contributed by atoms with Gasteiger partial charge in [0.2, 0.25) is 6.41 Å². The predicted molar refractivity (Wildman–Crippen MR) is 155 cm³/mol. The monoisotopic (exact) mass is 569 g/mol. The maximum Gasteiger partial charge on any atom is 0.416 e. The van der Waals surface area contributed by atoms with Crippen molar-refractivity contribution in [2.45, 2.75) is 52.6 Å². The molecule has 0 bridgehead atoms. The lowest BCUT2D eigenvalue weighted by molar-refractivity contribution is -0.137. The first-order chi connectivity index (χ1) is 19.5. The fourth-order valence-electron chi connectivity index (χ4n) is 4.45. The summed E-state index contributed by atoms with van der Waals surface area (Å²) in [7, 11) is 0. The number of aryl methyl sites for hydroxylation is 1. The van der Waals surface area contributed by atoms with Gasteiger partial charge in [-0.3, -0.25) is 14.4 Å². The Balaban J connectivity index is 0.000000389. The first kappa shape index (κ1) is 31.0. The van der Waals surface area contributed by atoms with Crippen LogP contribution < -0.4 is 21.7 Å². The van der Waals surface area contributed by atoms with Gasteiger partial charge in [-0.15, -0.1) is 0 Å². The topological polar surface area (TPSA) is 129 Å². The van der Waals surface area contributed by atoms with Gasteiger partial charge in [-0.2, -0.15) is 13.2 Å². The maximum atomic E-state index is 13.0. The van der Waals surface area contributed by atoms with Gasteiger partial charge in [0.1, 0.15) is 0 Å². The molecule has 2 heterocycles. The number of benzene rings is 2. The molecule has 3 aromatic rings. The SMILES string of the molecule is CCCCCCNC(=O)c1c(C)[nH]c(/C=C2\C(=O)Nc3cc(C(F)(F)F)ccc32)c1C.Nc1ccccc1NC=O. The highest BCUT2D eigenvalue weighted by Crippen LogP contribution is 2.38. The van der Waals surface area contributed by atoms with Gasteiger partial charge in [0.15, 0.2) is 0 Å². The standard InChI is InChI=1S/C23H26F3N3O2.C7H8N2O/c1-4-5-6-7-10-27-22(31)20-13(2)18(28-14(20)3)12-17-16-9-8-15(23(24,25)26)11-19(16)29-21(17)30;8-6-3-1-2-4-7(6)9-5-10/h8-9,11-12,28H,4-7,10H2,1-3H3,(H,27,31)(H,29,30);1-5H,8H2,(H,9,10)/b17-12-;. The molecule has 1 aromatic heterocycles. The highest BCUT2D eigenvalue weighted by atomic mass is 19.4. The fraction of sp³-hybridized carbons (Fsp3) is 0.300. The number of para-hydroxylation sites is 2. The molecule has 0 saturated carbocycles. The molecule has 0 saturated heterocycles. The number of rotatable bonds is 9. The number of anilines is 3. The minimum atomic E-state index is -4.49. The Morgan fingerprint density at radius 2 is 1.80 bits per heavy atom. The zero-order valence-electron chi connectivity index (χ0n) is 23.2. The molecular weight excluding hydrogens is 535 g/mol. The molecule has 1 aliphatic rings. The number of halogens is 3. The van der Waals surface area contributed by atoms with Crippen LogP contribution in [0.15, 0.2) is 42.5 Å².